The van der Waals surface area contributed by atoms with Gasteiger partial charge in [0.25, 0.3) is 0 Å². The molecular formula is C35H65N5O7. The van der Waals surface area contributed by atoms with Gasteiger partial charge < -0.3 is 45.0 Å². The molecule has 2 aliphatic rings. The molecule has 4 N–H and O–H groups in total. The second-order valence-corrected chi connectivity index (χ2v) is 15.0. The van der Waals surface area contributed by atoms with Crippen LogP contribution in [0.1, 0.15) is 79.6 Å². The lowest BCUT2D eigenvalue weighted by Crippen LogP contribution is -2.55. The van der Waals surface area contributed by atoms with Crippen molar-refractivity contribution in [2.75, 3.05) is 54.9 Å². The lowest BCUT2D eigenvalue weighted by atomic mass is 9.77. The van der Waals surface area contributed by atoms with Gasteiger partial charge in [0.2, 0.25) is 17.7 Å². The van der Waals surface area contributed by atoms with Gasteiger partial charge in [0.15, 0.2) is 6.29 Å². The Balaban J connectivity index is 2.19. The summed E-state index contributed by atoms with van der Waals surface area (Å²) in [6.07, 6.45) is 4.64. The molecule has 0 unspecified atom stereocenters. The molecule has 2 saturated heterocycles. The molecule has 2 heterocycles. The van der Waals surface area contributed by atoms with E-state index in [-0.39, 0.29) is 42.2 Å². The van der Waals surface area contributed by atoms with Gasteiger partial charge in [0.05, 0.1) is 29.8 Å². The van der Waals surface area contributed by atoms with Crippen molar-refractivity contribution in [2.45, 2.75) is 122 Å². The molecule has 47 heavy (non-hydrogen) atoms. The summed E-state index contributed by atoms with van der Waals surface area (Å²) in [6, 6.07) is -0.180. The molecule has 3 amide bonds. The van der Waals surface area contributed by atoms with Crippen molar-refractivity contribution in [3.05, 3.63) is 12.2 Å². The maximum Gasteiger partial charge on any atom is 0.243 e. The van der Waals surface area contributed by atoms with Gasteiger partial charge in [0.1, 0.15) is 0 Å². The minimum Gasteiger partial charge on any atom is -0.392 e. The van der Waals surface area contributed by atoms with Crippen LogP contribution in [0.25, 0.3) is 0 Å². The molecule has 2 fully saturated rings. The predicted octanol–water partition coefficient (Wildman–Crippen LogP) is 1.99. The first-order chi connectivity index (χ1) is 21.9. The van der Waals surface area contributed by atoms with Crippen LogP contribution >= 0.6 is 0 Å². The number of likely N-dealkylation sites (N-methyl/N-ethyl adjacent to an activating group) is 1. The number of unbranched alkanes of at least 4 members (excludes halogenated alkanes) is 1. The van der Waals surface area contributed by atoms with Crippen LogP contribution in [0.4, 0.5) is 0 Å². The van der Waals surface area contributed by atoms with Crippen molar-refractivity contribution in [3.8, 4) is 0 Å². The second kappa shape index (κ2) is 19.2. The number of rotatable bonds is 11. The molecule has 2 aliphatic heterocycles. The molecular weight excluding hydrogens is 602 g/mol. The van der Waals surface area contributed by atoms with Crippen LogP contribution in [0.2, 0.25) is 0 Å². The van der Waals surface area contributed by atoms with E-state index in [1.807, 2.05) is 53.9 Å². The fourth-order valence-electron chi connectivity index (χ4n) is 6.91. The molecule has 2 rings (SSSR count). The molecule has 0 aliphatic carbocycles. The highest BCUT2D eigenvalue weighted by Gasteiger charge is 2.45. The van der Waals surface area contributed by atoms with Gasteiger partial charge in [-0.1, -0.05) is 26.8 Å². The number of nitrogens with zero attached hydrogens (tertiary/aromatic N) is 3. The summed E-state index contributed by atoms with van der Waals surface area (Å²) in [7, 11) is 9.67. The highest BCUT2D eigenvalue weighted by atomic mass is 16.7. The van der Waals surface area contributed by atoms with E-state index >= 15 is 0 Å². The standard InChI is InChI=1S/C35H65N5O7/c1-23-21-35(5,45)33(47-31-20-28(39(8)9)18-24(2)46-31)25(3)32(43)26(4)34(44)37-27(19-30(42)40(10)22-23)14-11-12-16-36-29(41)15-13-17-38(6)7/h13,15,23-28,31-33,43,45H,11-12,14,16-22H2,1-10H3,(H,36,41)(H,37,44)/b15-13+/t23-,24-,25+,26-,27+,28+,31+,32+,33-,35-/m1/s1. The van der Waals surface area contributed by atoms with Crippen LogP contribution in [0.15, 0.2) is 12.2 Å². The van der Waals surface area contributed by atoms with E-state index in [9.17, 15) is 24.6 Å². The van der Waals surface area contributed by atoms with Crippen LogP contribution in [-0.2, 0) is 23.9 Å². The monoisotopic (exact) mass is 667 g/mol. The molecule has 272 valence electrons. The van der Waals surface area contributed by atoms with Gasteiger partial charge in [0, 0.05) is 63.6 Å². The van der Waals surface area contributed by atoms with E-state index in [0.29, 0.717) is 51.7 Å². The molecule has 0 spiro atoms. The second-order valence-electron chi connectivity index (χ2n) is 15.0. The van der Waals surface area contributed by atoms with Gasteiger partial charge in [-0.3, -0.25) is 14.4 Å². The van der Waals surface area contributed by atoms with E-state index < -0.39 is 42.0 Å². The van der Waals surface area contributed by atoms with E-state index in [4.69, 9.17) is 9.47 Å². The van der Waals surface area contributed by atoms with Crippen LogP contribution in [0.5, 0.6) is 0 Å². The molecule has 0 aromatic carbocycles. The number of aliphatic hydroxyl groups is 2. The first-order valence-electron chi connectivity index (χ1n) is 17.4. The van der Waals surface area contributed by atoms with Crippen LogP contribution in [0.3, 0.4) is 0 Å². The van der Waals surface area contributed by atoms with Crippen molar-refractivity contribution in [1.82, 2.24) is 25.3 Å². The van der Waals surface area contributed by atoms with Crippen LogP contribution < -0.4 is 10.6 Å². The fourth-order valence-corrected chi connectivity index (χ4v) is 6.91. The number of ether oxygens (including phenoxy) is 2. The average molecular weight is 668 g/mol. The van der Waals surface area contributed by atoms with Crippen LogP contribution in [0, 0.1) is 17.8 Å². The van der Waals surface area contributed by atoms with Gasteiger partial charge in [-0.25, -0.2) is 0 Å². The summed E-state index contributed by atoms with van der Waals surface area (Å²) in [6.45, 7) is 10.8. The number of carbonyl (C=O) groups is 3. The third-order valence-corrected chi connectivity index (χ3v) is 9.60. The van der Waals surface area contributed by atoms with Crippen molar-refractivity contribution < 1.29 is 34.1 Å². The summed E-state index contributed by atoms with van der Waals surface area (Å²) in [5.74, 6) is -2.11. The highest BCUT2D eigenvalue weighted by molar-refractivity contribution is 5.87. The molecule has 0 bridgehead atoms. The van der Waals surface area contributed by atoms with E-state index in [0.717, 1.165) is 6.42 Å². The number of nitrogens with one attached hydrogen (secondary N) is 2. The quantitative estimate of drug-likeness (QED) is 0.192. The average Bonchev–Trinajstić information content (AvgIpc) is 2.96. The molecule has 10 atom stereocenters. The van der Waals surface area contributed by atoms with Gasteiger partial charge in [-0.2, -0.15) is 0 Å². The maximum atomic E-state index is 13.5. The Kier molecular flexibility index (Phi) is 16.8. The Bertz CT molecular complexity index is 1020. The maximum absolute atomic E-state index is 13.5. The largest absolute Gasteiger partial charge is 0.392 e. The van der Waals surface area contributed by atoms with E-state index in [1.165, 1.54) is 6.08 Å². The first-order valence-corrected chi connectivity index (χ1v) is 17.4. The van der Waals surface area contributed by atoms with Crippen molar-refractivity contribution >= 4 is 17.7 Å². The zero-order valence-corrected chi connectivity index (χ0v) is 30.7. The predicted molar refractivity (Wildman–Crippen MR) is 183 cm³/mol. The number of amides is 3. The minimum atomic E-state index is -1.37. The Morgan fingerprint density at radius 2 is 1.83 bits per heavy atom. The number of carbonyl (C=O) groups excluding carboxylic acids is 3. The van der Waals surface area contributed by atoms with E-state index in [2.05, 4.69) is 15.5 Å². The Hall–Kier alpha value is -2.09. The van der Waals surface area contributed by atoms with Gasteiger partial charge >= 0.3 is 0 Å². The zero-order chi connectivity index (χ0) is 35.5. The number of hydrogen-bond donors (Lipinski definition) is 4. The third kappa shape index (κ3) is 13.7. The number of aliphatic hydroxyl groups excluding tert-OH is 1. The number of hydrogen-bond acceptors (Lipinski definition) is 9. The van der Waals surface area contributed by atoms with Gasteiger partial charge in [-0.05, 0) is 80.1 Å². The minimum absolute atomic E-state index is 0.0359. The van der Waals surface area contributed by atoms with Crippen molar-refractivity contribution in [1.29, 1.82) is 0 Å². The smallest absolute Gasteiger partial charge is 0.243 e. The molecule has 12 heteroatoms. The summed E-state index contributed by atoms with van der Waals surface area (Å²) in [5.41, 5.74) is -1.37. The Morgan fingerprint density at radius 3 is 2.47 bits per heavy atom. The normalized spacial score (nSPS) is 35.3. The lowest BCUT2D eigenvalue weighted by Gasteiger charge is -2.45. The summed E-state index contributed by atoms with van der Waals surface area (Å²) in [5, 5.41) is 29.4. The third-order valence-electron chi connectivity index (χ3n) is 9.60. The molecule has 0 aromatic rings. The molecule has 0 radical (unpaired) electrons. The van der Waals surface area contributed by atoms with E-state index in [1.54, 1.807) is 31.9 Å². The molecule has 12 nitrogen and oxygen atoms in total. The summed E-state index contributed by atoms with van der Waals surface area (Å²) in [4.78, 5) is 44.7. The molecule has 0 aromatic heterocycles. The zero-order valence-electron chi connectivity index (χ0n) is 30.7. The van der Waals surface area contributed by atoms with Crippen LogP contribution in [-0.4, -0.2) is 140 Å². The summed E-state index contributed by atoms with van der Waals surface area (Å²) < 4.78 is 12.7. The lowest BCUT2D eigenvalue weighted by molar-refractivity contribution is -0.267. The Morgan fingerprint density at radius 1 is 1.15 bits per heavy atom. The summed E-state index contributed by atoms with van der Waals surface area (Å²) >= 11 is 0. The molecule has 0 saturated carbocycles. The van der Waals surface area contributed by atoms with Crippen molar-refractivity contribution in [3.63, 3.8) is 0 Å². The van der Waals surface area contributed by atoms with Crippen molar-refractivity contribution in [2.24, 2.45) is 17.8 Å². The highest BCUT2D eigenvalue weighted by Crippen LogP contribution is 2.35. The topological polar surface area (TPSA) is 144 Å². The Labute approximate surface area is 283 Å². The van der Waals surface area contributed by atoms with Gasteiger partial charge in [-0.15, -0.1) is 0 Å². The fraction of sp³-hybridized carbons (Fsp3) is 0.857. The SMILES string of the molecule is C[C@H]1CN(C)C(=O)C[C@H](CCCCNC(=O)/C=C/CN(C)C)NC(=O)[C@H](C)[C@@H](O)[C@H](C)[C@@H](O[C@H]2C[C@@H](N(C)C)C[C@@H](C)O2)[C@](C)(O)C1. The first kappa shape index (κ1) is 41.1.